The molecule has 0 aliphatic carbocycles. The normalized spacial score (nSPS) is 28.2. The van der Waals surface area contributed by atoms with Crippen molar-refractivity contribution in [1.29, 1.82) is 0 Å². The lowest BCUT2D eigenvalue weighted by Gasteiger charge is -2.36. The van der Waals surface area contributed by atoms with Gasteiger partial charge in [-0.15, -0.1) is 0 Å². The van der Waals surface area contributed by atoms with Crippen molar-refractivity contribution in [2.75, 3.05) is 6.61 Å². The molecule has 0 bridgehead atoms. The zero-order valence-corrected chi connectivity index (χ0v) is 18.0. The molecule has 0 N–H and O–H groups in total. The molecule has 4 atom stereocenters. The van der Waals surface area contributed by atoms with Crippen molar-refractivity contribution >= 4 is 10.1 Å². The average Bonchev–Trinajstić information content (AvgIpc) is 3.03. The minimum absolute atomic E-state index is 0.0650. The van der Waals surface area contributed by atoms with Gasteiger partial charge in [-0.05, 0) is 38.5 Å². The van der Waals surface area contributed by atoms with Crippen LogP contribution in [0.3, 0.4) is 0 Å². The van der Waals surface area contributed by atoms with Crippen LogP contribution >= 0.6 is 0 Å². The highest BCUT2D eigenvalue weighted by Gasteiger charge is 2.53. The van der Waals surface area contributed by atoms with Gasteiger partial charge in [0.2, 0.25) is 0 Å². The van der Waals surface area contributed by atoms with Crippen LogP contribution in [0, 0.1) is 6.92 Å². The zero-order valence-electron chi connectivity index (χ0n) is 17.2. The Bertz CT molecular complexity index is 957. The fourth-order valence-electron chi connectivity index (χ4n) is 3.61. The van der Waals surface area contributed by atoms with Crippen LogP contribution in [0.4, 0.5) is 0 Å². The zero-order chi connectivity index (χ0) is 21.4. The molecule has 8 heteroatoms. The first kappa shape index (κ1) is 21.4. The number of ether oxygens (including phenoxy) is 4. The molecule has 0 saturated carbocycles. The summed E-state index contributed by atoms with van der Waals surface area (Å²) in [5.41, 5.74) is 1.89. The van der Waals surface area contributed by atoms with Crippen molar-refractivity contribution in [2.45, 2.75) is 62.7 Å². The number of hydrogen-bond acceptors (Lipinski definition) is 7. The number of hydrogen-bond donors (Lipinski definition) is 0. The monoisotopic (exact) mass is 434 g/mol. The van der Waals surface area contributed by atoms with Crippen LogP contribution in [0.2, 0.25) is 0 Å². The number of aryl methyl sites for hydroxylation is 1. The van der Waals surface area contributed by atoms with E-state index >= 15 is 0 Å². The summed E-state index contributed by atoms with van der Waals surface area (Å²) in [5.74, 6) is -0.873. The van der Waals surface area contributed by atoms with Gasteiger partial charge in [0.15, 0.2) is 18.2 Å². The van der Waals surface area contributed by atoms with Gasteiger partial charge in [-0.1, -0.05) is 48.0 Å². The molecule has 2 fully saturated rings. The molecule has 0 unspecified atom stereocenters. The standard InChI is InChI=1S/C22H26O7S/c1-15-9-11-17(12-10-15)30(23,24)29-20-19-18(27-22(2,3)28-19)14-26-21(20)25-13-16-7-5-4-6-8-16/h4-12,18-21H,13-14H2,1-3H3/t18-,19-,20+,21+/m1/s1. The van der Waals surface area contributed by atoms with Gasteiger partial charge in [0.1, 0.15) is 12.2 Å². The summed E-state index contributed by atoms with van der Waals surface area (Å²) in [6.07, 6.45) is -3.03. The topological polar surface area (TPSA) is 80.3 Å². The Labute approximate surface area is 177 Å². The minimum Gasteiger partial charge on any atom is -0.347 e. The van der Waals surface area contributed by atoms with E-state index in [0.29, 0.717) is 0 Å². The molecule has 0 spiro atoms. The summed E-state index contributed by atoms with van der Waals surface area (Å²) in [6, 6.07) is 16.0. The van der Waals surface area contributed by atoms with Gasteiger partial charge in [0, 0.05) is 0 Å². The molecule has 2 heterocycles. The van der Waals surface area contributed by atoms with E-state index in [1.54, 1.807) is 26.0 Å². The van der Waals surface area contributed by atoms with E-state index in [1.165, 1.54) is 12.1 Å². The second-order valence-corrected chi connectivity index (χ2v) is 9.54. The molecule has 2 aromatic carbocycles. The van der Waals surface area contributed by atoms with E-state index in [1.807, 2.05) is 37.3 Å². The predicted octanol–water partition coefficient (Wildman–Crippen LogP) is 3.16. The average molecular weight is 435 g/mol. The maximum Gasteiger partial charge on any atom is 0.297 e. The molecule has 2 aromatic rings. The van der Waals surface area contributed by atoms with Crippen molar-refractivity contribution in [1.82, 2.24) is 0 Å². The third-order valence-electron chi connectivity index (χ3n) is 5.04. The van der Waals surface area contributed by atoms with Crippen LogP contribution < -0.4 is 0 Å². The first-order chi connectivity index (χ1) is 14.2. The molecule has 0 amide bonds. The van der Waals surface area contributed by atoms with Crippen LogP contribution in [0.15, 0.2) is 59.5 Å². The third kappa shape index (κ3) is 4.74. The lowest BCUT2D eigenvalue weighted by molar-refractivity contribution is -0.247. The second kappa shape index (κ2) is 8.37. The van der Waals surface area contributed by atoms with Crippen LogP contribution in [0.5, 0.6) is 0 Å². The molecule has 2 aliphatic rings. The summed E-state index contributed by atoms with van der Waals surface area (Å²) in [4.78, 5) is 0.0650. The predicted molar refractivity (Wildman–Crippen MR) is 108 cm³/mol. The largest absolute Gasteiger partial charge is 0.347 e. The highest BCUT2D eigenvalue weighted by molar-refractivity contribution is 7.86. The molecule has 7 nitrogen and oxygen atoms in total. The fraction of sp³-hybridized carbons (Fsp3) is 0.455. The SMILES string of the molecule is Cc1ccc(S(=O)(=O)O[C@@H]2[C@@H](OCc3ccccc3)OC[C@H]3OC(C)(C)O[C@@H]23)cc1. The molecule has 30 heavy (non-hydrogen) atoms. The molecule has 2 aliphatic heterocycles. The Morgan fingerprint density at radius 2 is 1.73 bits per heavy atom. The van der Waals surface area contributed by atoms with E-state index in [2.05, 4.69) is 0 Å². The summed E-state index contributed by atoms with van der Waals surface area (Å²) >= 11 is 0. The van der Waals surface area contributed by atoms with E-state index in [4.69, 9.17) is 23.1 Å². The van der Waals surface area contributed by atoms with Gasteiger partial charge >= 0.3 is 0 Å². The maximum absolute atomic E-state index is 13.0. The third-order valence-corrected chi connectivity index (χ3v) is 6.37. The van der Waals surface area contributed by atoms with Gasteiger partial charge in [-0.3, -0.25) is 4.18 Å². The second-order valence-electron chi connectivity index (χ2n) is 7.96. The summed E-state index contributed by atoms with van der Waals surface area (Å²) < 4.78 is 55.1. The molecule has 0 radical (unpaired) electrons. The molecule has 162 valence electrons. The minimum atomic E-state index is -4.06. The Balaban J connectivity index is 1.57. The van der Waals surface area contributed by atoms with Crippen LogP contribution in [-0.4, -0.2) is 45.4 Å². The van der Waals surface area contributed by atoms with Gasteiger partial charge in [-0.2, -0.15) is 8.42 Å². The van der Waals surface area contributed by atoms with Gasteiger partial charge in [0.25, 0.3) is 10.1 Å². The van der Waals surface area contributed by atoms with Crippen LogP contribution in [0.1, 0.15) is 25.0 Å². The number of fused-ring (bicyclic) bond motifs is 1. The lowest BCUT2D eigenvalue weighted by atomic mass is 10.1. The Kier molecular flexibility index (Phi) is 5.98. The number of rotatable bonds is 6. The Morgan fingerprint density at radius 3 is 2.43 bits per heavy atom. The highest BCUT2D eigenvalue weighted by Crippen LogP contribution is 2.37. The lowest BCUT2D eigenvalue weighted by Crippen LogP contribution is -2.54. The van der Waals surface area contributed by atoms with Crippen molar-refractivity contribution < 1.29 is 31.5 Å². The quantitative estimate of drug-likeness (QED) is 0.646. The Hall–Kier alpha value is -1.81. The van der Waals surface area contributed by atoms with Crippen LogP contribution in [0.25, 0.3) is 0 Å². The van der Waals surface area contributed by atoms with Gasteiger partial charge in [0.05, 0.1) is 18.1 Å². The first-order valence-electron chi connectivity index (χ1n) is 9.86. The van der Waals surface area contributed by atoms with Gasteiger partial charge < -0.3 is 18.9 Å². The van der Waals surface area contributed by atoms with Crippen molar-refractivity contribution in [3.05, 3.63) is 65.7 Å². The summed E-state index contributed by atoms with van der Waals surface area (Å²) in [5, 5.41) is 0. The first-order valence-corrected chi connectivity index (χ1v) is 11.3. The molecular formula is C22H26O7S. The van der Waals surface area contributed by atoms with E-state index < -0.39 is 40.5 Å². The van der Waals surface area contributed by atoms with Crippen molar-refractivity contribution in [2.24, 2.45) is 0 Å². The maximum atomic E-state index is 13.0. The van der Waals surface area contributed by atoms with Gasteiger partial charge in [-0.25, -0.2) is 0 Å². The molecule has 4 rings (SSSR count). The highest BCUT2D eigenvalue weighted by atomic mass is 32.2. The molecular weight excluding hydrogens is 408 g/mol. The fourth-order valence-corrected chi connectivity index (χ4v) is 4.69. The van der Waals surface area contributed by atoms with Crippen molar-refractivity contribution in [3.63, 3.8) is 0 Å². The van der Waals surface area contributed by atoms with E-state index in [9.17, 15) is 8.42 Å². The van der Waals surface area contributed by atoms with E-state index in [-0.39, 0.29) is 18.1 Å². The summed E-state index contributed by atoms with van der Waals surface area (Å²) in [6.45, 7) is 5.90. The molecule has 2 saturated heterocycles. The number of benzene rings is 2. The van der Waals surface area contributed by atoms with Crippen molar-refractivity contribution in [3.8, 4) is 0 Å². The van der Waals surface area contributed by atoms with E-state index in [0.717, 1.165) is 11.1 Å². The molecule has 0 aromatic heterocycles. The smallest absolute Gasteiger partial charge is 0.297 e. The van der Waals surface area contributed by atoms with Crippen LogP contribution in [-0.2, 0) is 39.9 Å². The summed E-state index contributed by atoms with van der Waals surface area (Å²) in [7, 11) is -4.06. The Morgan fingerprint density at radius 1 is 1.03 bits per heavy atom.